The molecular formula is C10H12N2O3S2. The summed E-state index contributed by atoms with van der Waals surface area (Å²) in [7, 11) is -3.20. The van der Waals surface area contributed by atoms with Crippen molar-refractivity contribution < 1.29 is 13.2 Å². The summed E-state index contributed by atoms with van der Waals surface area (Å²) in [6.45, 7) is 0.229. The number of hydrogen-bond acceptors (Lipinski definition) is 4. The van der Waals surface area contributed by atoms with Gasteiger partial charge in [-0.2, -0.15) is 0 Å². The van der Waals surface area contributed by atoms with E-state index in [2.05, 4.69) is 10.0 Å². The molecule has 1 aliphatic rings. The number of fused-ring (bicyclic) bond motifs is 1. The molecule has 17 heavy (non-hydrogen) atoms. The molecule has 0 spiro atoms. The summed E-state index contributed by atoms with van der Waals surface area (Å²) in [4.78, 5) is 12.2. The van der Waals surface area contributed by atoms with E-state index in [0.717, 1.165) is 22.4 Å². The third kappa shape index (κ3) is 3.45. The summed E-state index contributed by atoms with van der Waals surface area (Å²) in [5.74, 6) is 0.393. The molecule has 0 saturated carbocycles. The van der Waals surface area contributed by atoms with E-state index in [1.807, 2.05) is 12.1 Å². The zero-order valence-corrected chi connectivity index (χ0v) is 10.8. The second-order valence-electron chi connectivity index (χ2n) is 3.76. The maximum Gasteiger partial charge on any atom is 0.234 e. The highest BCUT2D eigenvalue weighted by atomic mass is 32.2. The Morgan fingerprint density at radius 3 is 2.94 bits per heavy atom. The highest BCUT2D eigenvalue weighted by molar-refractivity contribution is 8.00. The van der Waals surface area contributed by atoms with Gasteiger partial charge in [-0.15, -0.1) is 11.8 Å². The minimum atomic E-state index is -3.20. The lowest BCUT2D eigenvalue weighted by Gasteiger charge is -2.17. The number of hydrogen-bond donors (Lipinski definition) is 2. The van der Waals surface area contributed by atoms with E-state index in [1.165, 1.54) is 11.8 Å². The van der Waals surface area contributed by atoms with Gasteiger partial charge in [-0.1, -0.05) is 6.07 Å². The fourth-order valence-electron chi connectivity index (χ4n) is 1.45. The Balaban J connectivity index is 2.16. The molecule has 0 saturated heterocycles. The molecule has 1 aromatic rings. The van der Waals surface area contributed by atoms with Gasteiger partial charge >= 0.3 is 0 Å². The van der Waals surface area contributed by atoms with Crippen LogP contribution in [-0.2, 0) is 21.4 Å². The normalized spacial score (nSPS) is 15.2. The summed E-state index contributed by atoms with van der Waals surface area (Å²) in [6, 6.07) is 5.53. The molecule has 0 atom stereocenters. The number of rotatable bonds is 3. The number of sulfonamides is 1. The Morgan fingerprint density at radius 1 is 1.47 bits per heavy atom. The van der Waals surface area contributed by atoms with Crippen molar-refractivity contribution in [3.8, 4) is 0 Å². The quantitative estimate of drug-likeness (QED) is 0.852. The second-order valence-corrected chi connectivity index (χ2v) is 6.61. The van der Waals surface area contributed by atoms with Gasteiger partial charge in [-0.25, -0.2) is 13.1 Å². The molecule has 0 unspecified atom stereocenters. The molecule has 0 aromatic heterocycles. The monoisotopic (exact) mass is 272 g/mol. The first-order valence-corrected chi connectivity index (χ1v) is 7.82. The molecule has 2 N–H and O–H groups in total. The molecule has 0 radical (unpaired) electrons. The predicted molar refractivity (Wildman–Crippen MR) is 67.5 cm³/mol. The van der Waals surface area contributed by atoms with Gasteiger partial charge in [0.25, 0.3) is 0 Å². The summed E-state index contributed by atoms with van der Waals surface area (Å²) < 4.78 is 24.3. The van der Waals surface area contributed by atoms with Gasteiger partial charge in [-0.05, 0) is 17.7 Å². The fraction of sp³-hybridized carbons (Fsp3) is 0.300. The van der Waals surface area contributed by atoms with E-state index >= 15 is 0 Å². The minimum absolute atomic E-state index is 0.0317. The Kier molecular flexibility index (Phi) is 3.41. The van der Waals surface area contributed by atoms with Crippen LogP contribution in [-0.4, -0.2) is 26.3 Å². The van der Waals surface area contributed by atoms with Crippen molar-refractivity contribution in [1.29, 1.82) is 0 Å². The molecule has 1 heterocycles. The molecule has 0 fully saturated rings. The molecule has 2 rings (SSSR count). The average Bonchev–Trinajstić information content (AvgIpc) is 2.24. The van der Waals surface area contributed by atoms with E-state index in [1.54, 1.807) is 6.07 Å². The molecule has 92 valence electrons. The van der Waals surface area contributed by atoms with Crippen molar-refractivity contribution in [3.05, 3.63) is 23.8 Å². The Hall–Kier alpha value is -1.05. The number of nitrogens with one attached hydrogen (secondary N) is 2. The highest BCUT2D eigenvalue weighted by Crippen LogP contribution is 2.31. The fourth-order valence-corrected chi connectivity index (χ4v) is 2.67. The van der Waals surface area contributed by atoms with Gasteiger partial charge in [0, 0.05) is 11.4 Å². The predicted octanol–water partition coefficient (Wildman–Crippen LogP) is 0.780. The van der Waals surface area contributed by atoms with Crippen LogP contribution in [0.25, 0.3) is 0 Å². The van der Waals surface area contributed by atoms with Crippen LogP contribution in [0, 0.1) is 0 Å². The van der Waals surface area contributed by atoms with Crippen LogP contribution in [0.3, 0.4) is 0 Å². The second kappa shape index (κ2) is 4.67. The summed E-state index contributed by atoms with van der Waals surface area (Å²) in [6.07, 6.45) is 1.11. The summed E-state index contributed by atoms with van der Waals surface area (Å²) in [5, 5.41) is 2.76. The Labute approximate surface area is 104 Å². The van der Waals surface area contributed by atoms with E-state index in [9.17, 15) is 13.2 Å². The lowest BCUT2D eigenvalue weighted by molar-refractivity contribution is -0.113. The number of thioether (sulfide) groups is 1. The number of carbonyl (C=O) groups excluding carboxylic acids is 1. The third-order valence-electron chi connectivity index (χ3n) is 2.22. The number of benzene rings is 1. The molecule has 0 bridgehead atoms. The van der Waals surface area contributed by atoms with Crippen molar-refractivity contribution in [3.63, 3.8) is 0 Å². The van der Waals surface area contributed by atoms with Gasteiger partial charge in [-0.3, -0.25) is 4.79 Å². The van der Waals surface area contributed by atoms with Gasteiger partial charge in [0.05, 0.1) is 17.7 Å². The zero-order valence-electron chi connectivity index (χ0n) is 9.19. The van der Waals surface area contributed by atoms with Crippen LogP contribution in [0.15, 0.2) is 23.1 Å². The summed E-state index contributed by atoms with van der Waals surface area (Å²) in [5.41, 5.74) is 1.57. The first-order valence-electron chi connectivity index (χ1n) is 4.94. The van der Waals surface area contributed by atoms with Crippen molar-refractivity contribution in [2.75, 3.05) is 17.3 Å². The maximum atomic E-state index is 11.2. The number of carbonyl (C=O) groups is 1. The van der Waals surface area contributed by atoms with Crippen LogP contribution in [0.4, 0.5) is 5.69 Å². The van der Waals surface area contributed by atoms with Gasteiger partial charge in [0.1, 0.15) is 0 Å². The van der Waals surface area contributed by atoms with Crippen LogP contribution in [0.5, 0.6) is 0 Å². The molecule has 0 aliphatic carbocycles. The number of anilines is 1. The first kappa shape index (κ1) is 12.4. The summed E-state index contributed by atoms with van der Waals surface area (Å²) >= 11 is 1.48. The van der Waals surface area contributed by atoms with Gasteiger partial charge in [0.15, 0.2) is 0 Å². The SMILES string of the molecule is CS(=O)(=O)NCc1ccc2c(c1)NC(=O)CS2. The topological polar surface area (TPSA) is 75.3 Å². The van der Waals surface area contributed by atoms with Crippen molar-refractivity contribution in [2.24, 2.45) is 0 Å². The molecular weight excluding hydrogens is 260 g/mol. The van der Waals surface area contributed by atoms with Crippen molar-refractivity contribution in [1.82, 2.24) is 4.72 Å². The molecule has 1 aliphatic heterocycles. The van der Waals surface area contributed by atoms with Crippen LogP contribution in [0.1, 0.15) is 5.56 Å². The average molecular weight is 272 g/mol. The molecule has 1 aromatic carbocycles. The van der Waals surface area contributed by atoms with Gasteiger partial charge < -0.3 is 5.32 Å². The van der Waals surface area contributed by atoms with E-state index < -0.39 is 10.0 Å². The largest absolute Gasteiger partial charge is 0.324 e. The Bertz CT molecular complexity index is 555. The maximum absolute atomic E-state index is 11.2. The van der Waals surface area contributed by atoms with Gasteiger partial charge in [0.2, 0.25) is 15.9 Å². The minimum Gasteiger partial charge on any atom is -0.324 e. The number of amides is 1. The Morgan fingerprint density at radius 2 is 2.24 bits per heavy atom. The smallest absolute Gasteiger partial charge is 0.234 e. The van der Waals surface area contributed by atoms with Crippen molar-refractivity contribution >= 4 is 33.4 Å². The molecule has 5 nitrogen and oxygen atoms in total. The lowest BCUT2D eigenvalue weighted by atomic mass is 10.2. The van der Waals surface area contributed by atoms with Crippen LogP contribution < -0.4 is 10.0 Å². The zero-order chi connectivity index (χ0) is 12.5. The van der Waals surface area contributed by atoms with Crippen LogP contribution in [0.2, 0.25) is 0 Å². The van der Waals surface area contributed by atoms with E-state index in [0.29, 0.717) is 5.75 Å². The van der Waals surface area contributed by atoms with E-state index in [4.69, 9.17) is 0 Å². The molecule has 7 heteroatoms. The lowest BCUT2D eigenvalue weighted by Crippen LogP contribution is -2.22. The standard InChI is InChI=1S/C10H12N2O3S2/c1-17(14,15)11-5-7-2-3-9-8(4-7)12-10(13)6-16-9/h2-4,11H,5-6H2,1H3,(H,12,13). The molecule has 1 amide bonds. The first-order chi connectivity index (χ1) is 7.94. The third-order valence-corrected chi connectivity index (χ3v) is 3.96. The van der Waals surface area contributed by atoms with Crippen LogP contribution >= 0.6 is 11.8 Å². The highest BCUT2D eigenvalue weighted by Gasteiger charge is 2.15. The van der Waals surface area contributed by atoms with Crippen molar-refractivity contribution in [2.45, 2.75) is 11.4 Å². The van der Waals surface area contributed by atoms with E-state index in [-0.39, 0.29) is 12.5 Å².